The Labute approximate surface area is 466 Å². The summed E-state index contributed by atoms with van der Waals surface area (Å²) in [4.78, 5) is 132. The highest BCUT2D eigenvalue weighted by Gasteiger charge is 2.40. The van der Waals surface area contributed by atoms with Crippen LogP contribution in [0.2, 0.25) is 0 Å². The molecule has 2 aliphatic heterocycles. The molecule has 2 fully saturated rings. The number of rotatable bonds is 29. The fraction of sp³-hybridized carbons (Fsp3) is 0.536. The first kappa shape index (κ1) is 63.1. The third kappa shape index (κ3) is 19.0. The van der Waals surface area contributed by atoms with Crippen LogP contribution >= 0.6 is 0 Å². The number of likely N-dealkylation sites (N-methyl/N-ethyl adjacent to an activating group) is 1. The monoisotopic (exact) mass is 1110 g/mol. The van der Waals surface area contributed by atoms with Crippen molar-refractivity contribution in [2.75, 3.05) is 46.4 Å². The lowest BCUT2D eigenvalue weighted by molar-refractivity contribution is -0.142. The Morgan fingerprint density at radius 3 is 1.84 bits per heavy atom. The molecule has 8 amide bonds. The molecular weight excluding hydrogens is 1030 g/mol. The standard InChI is InChI=1S/C56H81N13O11/c1-32(2)25-40(49(74)62-39(15-9-21-61-56(58)59)55(80)69-23-10-16-45(69)47(72)29-48(57)73)63-50(75)41(26-33(3)4)64-51(76)42(27-34-17-19-37(71)20-18-34)65-53(78)44(31-70)67-52(77)43(66-54(79)46-30-60-22-24-68(46)5)28-36-13-8-12-35-11-6-7-14-38(35)36/h6-8,11-14,17-20,32-33,39-46,60,70-71H,9-10,15-16,21-31H2,1-5H3,(H2,57,73)(H,62,74)(H,63,75)(H,64,76)(H,65,78)(H,66,79)(H,67,77)(H4,58,59,61)/t39-,40-,41+,42-,43-,44-,45-,46?/m0/s1. The number of carbonyl (C=O) groups excluding carboxylic acids is 9. The highest BCUT2D eigenvalue weighted by atomic mass is 16.3. The molecule has 3 aromatic rings. The number of phenols is 1. The molecule has 0 aliphatic carbocycles. The van der Waals surface area contributed by atoms with Gasteiger partial charge in [-0.15, -0.1) is 0 Å². The second kappa shape index (κ2) is 30.6. The van der Waals surface area contributed by atoms with E-state index in [9.17, 15) is 53.4 Å². The topological polar surface area (TPSA) is 375 Å². The number of ketones is 1. The molecule has 3 aromatic carbocycles. The van der Waals surface area contributed by atoms with Crippen LogP contribution in [0, 0.1) is 11.8 Å². The number of nitrogens with zero attached hydrogens (tertiary/aromatic N) is 3. The van der Waals surface area contributed by atoms with Gasteiger partial charge < -0.3 is 69.5 Å². The van der Waals surface area contributed by atoms with Gasteiger partial charge in [0.05, 0.1) is 19.1 Å². The lowest BCUT2D eigenvalue weighted by Crippen LogP contribution is -2.62. The van der Waals surface area contributed by atoms with Crippen molar-refractivity contribution in [3.8, 4) is 5.75 Å². The summed E-state index contributed by atoms with van der Waals surface area (Å²) in [6.07, 6.45) is 0.453. The van der Waals surface area contributed by atoms with Crippen LogP contribution in [0.15, 0.2) is 71.7 Å². The zero-order valence-electron chi connectivity index (χ0n) is 46.4. The van der Waals surface area contributed by atoms with Gasteiger partial charge >= 0.3 is 0 Å². The molecule has 0 radical (unpaired) electrons. The summed E-state index contributed by atoms with van der Waals surface area (Å²) in [6, 6.07) is 9.39. The van der Waals surface area contributed by atoms with Gasteiger partial charge in [-0.1, -0.05) is 82.3 Å². The van der Waals surface area contributed by atoms with Gasteiger partial charge in [-0.2, -0.15) is 0 Å². The second-order valence-corrected chi connectivity index (χ2v) is 21.5. The largest absolute Gasteiger partial charge is 0.508 e. The van der Waals surface area contributed by atoms with E-state index >= 15 is 0 Å². The van der Waals surface area contributed by atoms with Crippen molar-refractivity contribution in [1.82, 2.24) is 47.0 Å². The smallest absolute Gasteiger partial charge is 0.245 e. The van der Waals surface area contributed by atoms with Crippen molar-refractivity contribution in [2.24, 2.45) is 34.0 Å². The number of aliphatic imine (C=N–C) groups is 1. The number of carbonyl (C=O) groups is 9. The van der Waals surface area contributed by atoms with Crippen LogP contribution in [0.1, 0.15) is 83.8 Å². The van der Waals surface area contributed by atoms with Crippen molar-refractivity contribution < 1.29 is 53.4 Å². The van der Waals surface area contributed by atoms with E-state index in [0.29, 0.717) is 38.0 Å². The van der Waals surface area contributed by atoms with Crippen molar-refractivity contribution >= 4 is 69.8 Å². The van der Waals surface area contributed by atoms with Crippen LogP contribution in [-0.4, -0.2) is 174 Å². The van der Waals surface area contributed by atoms with Gasteiger partial charge in [-0.25, -0.2) is 0 Å². The molecule has 5 rings (SSSR count). The summed E-state index contributed by atoms with van der Waals surface area (Å²) in [6.45, 7) is 8.26. The van der Waals surface area contributed by atoms with E-state index < -0.39 is 114 Å². The predicted octanol–water partition coefficient (Wildman–Crippen LogP) is -1.28. The van der Waals surface area contributed by atoms with Crippen LogP contribution in [-0.2, 0) is 56.0 Å². The Balaban J connectivity index is 1.37. The molecule has 0 spiro atoms. The van der Waals surface area contributed by atoms with Crippen molar-refractivity contribution in [3.05, 3.63) is 77.9 Å². The quantitative estimate of drug-likeness (QED) is 0.0167. The number of guanidine groups is 1. The van der Waals surface area contributed by atoms with E-state index in [1.54, 1.807) is 7.05 Å². The number of aliphatic hydroxyl groups excluding tert-OH is 1. The highest BCUT2D eigenvalue weighted by Crippen LogP contribution is 2.23. The normalized spacial score (nSPS) is 17.7. The van der Waals surface area contributed by atoms with Gasteiger partial charge in [0.2, 0.25) is 47.3 Å². The molecule has 2 aliphatic rings. The third-order valence-corrected chi connectivity index (χ3v) is 14.1. The Morgan fingerprint density at radius 2 is 1.24 bits per heavy atom. The fourth-order valence-corrected chi connectivity index (χ4v) is 9.92. The number of likely N-dealkylation sites (tertiary alicyclic amines) is 1. The van der Waals surface area contributed by atoms with E-state index in [1.165, 1.54) is 29.2 Å². The zero-order chi connectivity index (χ0) is 58.6. The number of primary amides is 1. The molecule has 8 atom stereocenters. The summed E-state index contributed by atoms with van der Waals surface area (Å²) in [5, 5.41) is 42.1. The third-order valence-electron chi connectivity index (χ3n) is 14.1. The first-order valence-electron chi connectivity index (χ1n) is 27.3. The molecule has 0 bridgehead atoms. The molecule has 80 heavy (non-hydrogen) atoms. The van der Waals surface area contributed by atoms with Crippen LogP contribution in [0.3, 0.4) is 0 Å². The molecule has 0 aromatic heterocycles. The van der Waals surface area contributed by atoms with E-state index in [1.807, 2.05) is 75.1 Å². The number of nitrogens with one attached hydrogen (secondary N) is 7. The van der Waals surface area contributed by atoms with Crippen molar-refractivity contribution in [3.63, 3.8) is 0 Å². The predicted molar refractivity (Wildman–Crippen MR) is 300 cm³/mol. The number of aliphatic hydroxyl groups is 1. The maximum Gasteiger partial charge on any atom is 0.245 e. The lowest BCUT2D eigenvalue weighted by atomic mass is 9.97. The molecule has 24 heteroatoms. The van der Waals surface area contributed by atoms with E-state index in [0.717, 1.165) is 16.3 Å². The lowest BCUT2D eigenvalue weighted by Gasteiger charge is -2.33. The Hall–Kier alpha value is -7.70. The highest BCUT2D eigenvalue weighted by molar-refractivity contribution is 6.03. The number of fused-ring (bicyclic) bond motifs is 1. The number of aromatic hydroxyl groups is 1. The molecular formula is C56H81N13O11. The van der Waals surface area contributed by atoms with Crippen molar-refractivity contribution in [1.29, 1.82) is 0 Å². The van der Waals surface area contributed by atoms with Gasteiger partial charge in [0.25, 0.3) is 0 Å². The van der Waals surface area contributed by atoms with Crippen molar-refractivity contribution in [2.45, 2.75) is 134 Å². The Kier molecular flexibility index (Phi) is 24.2. The number of hydrogen-bond donors (Lipinski definition) is 12. The Bertz CT molecular complexity index is 2680. The number of hydrogen-bond acceptors (Lipinski definition) is 14. The molecule has 436 valence electrons. The first-order chi connectivity index (χ1) is 38.0. The molecule has 1 unspecified atom stereocenters. The number of phenolic OH excluding ortho intramolecular Hbond substituents is 1. The number of nitrogens with two attached hydrogens (primary N) is 3. The minimum absolute atomic E-state index is 0.0215. The molecule has 2 saturated heterocycles. The summed E-state index contributed by atoms with van der Waals surface area (Å²) in [5.41, 5.74) is 17.6. The maximum atomic E-state index is 14.6. The van der Waals surface area contributed by atoms with Crippen LogP contribution in [0.4, 0.5) is 0 Å². The number of benzene rings is 3. The molecule has 24 nitrogen and oxygen atoms in total. The van der Waals surface area contributed by atoms with Crippen LogP contribution < -0.4 is 54.4 Å². The minimum atomic E-state index is -1.64. The summed E-state index contributed by atoms with van der Waals surface area (Å²) in [5.74, 6) is -7.09. The zero-order valence-corrected chi connectivity index (χ0v) is 46.4. The van der Waals surface area contributed by atoms with Gasteiger partial charge in [0.1, 0.15) is 48.0 Å². The Morgan fingerprint density at radius 1 is 0.675 bits per heavy atom. The summed E-state index contributed by atoms with van der Waals surface area (Å²) >= 11 is 0. The number of Topliss-reactive ketones (excluding diaryl/α,β-unsaturated/α-hetero) is 1. The molecule has 0 saturated carbocycles. The minimum Gasteiger partial charge on any atom is -0.508 e. The molecule has 15 N–H and O–H groups in total. The van der Waals surface area contributed by atoms with Gasteiger partial charge in [-0.05, 0) is 91.4 Å². The average Bonchev–Trinajstić information content (AvgIpc) is 3.91. The first-order valence-corrected chi connectivity index (χ1v) is 27.3. The second-order valence-electron chi connectivity index (χ2n) is 21.5. The average molecular weight is 1110 g/mol. The maximum absolute atomic E-state index is 14.6. The van der Waals surface area contributed by atoms with Crippen LogP contribution in [0.25, 0.3) is 10.8 Å². The van der Waals surface area contributed by atoms with Crippen LogP contribution in [0.5, 0.6) is 5.75 Å². The van der Waals surface area contributed by atoms with Gasteiger partial charge in [0, 0.05) is 45.6 Å². The summed E-state index contributed by atoms with van der Waals surface area (Å²) in [7, 11) is 1.81. The van der Waals surface area contributed by atoms with Gasteiger partial charge in [0.15, 0.2) is 11.7 Å². The van der Waals surface area contributed by atoms with E-state index in [2.05, 4.69) is 42.2 Å². The van der Waals surface area contributed by atoms with E-state index in [4.69, 9.17) is 17.2 Å². The number of piperazine rings is 1. The summed E-state index contributed by atoms with van der Waals surface area (Å²) < 4.78 is 0. The number of amides is 8. The SMILES string of the molecule is CC(C)C[C@H](NC(=O)[C@@H](CC(C)C)NC(=O)[C@H](Cc1ccc(O)cc1)NC(=O)[C@H](CO)NC(=O)[C@H](Cc1cccc2ccccc12)NC(=O)C1CNCCN1C)C(=O)N[C@@H](CCCN=C(N)N)C(=O)N1CCC[C@H]1C(=O)CC(N)=O. The molecule has 2 heterocycles. The fourth-order valence-electron chi connectivity index (χ4n) is 9.92. The van der Waals surface area contributed by atoms with E-state index in [-0.39, 0.29) is 75.2 Å². The van der Waals surface area contributed by atoms with Gasteiger partial charge in [-0.3, -0.25) is 53.0 Å².